The van der Waals surface area contributed by atoms with E-state index >= 15 is 0 Å². The zero-order chi connectivity index (χ0) is 14.4. The number of para-hydroxylation sites is 1. The molecule has 0 bridgehead atoms. The van der Waals surface area contributed by atoms with Crippen LogP contribution in [0.3, 0.4) is 0 Å². The summed E-state index contributed by atoms with van der Waals surface area (Å²) in [6.07, 6.45) is 1.55. The van der Waals surface area contributed by atoms with Gasteiger partial charge in [-0.05, 0) is 18.6 Å². The Morgan fingerprint density at radius 1 is 1.30 bits per heavy atom. The van der Waals surface area contributed by atoms with E-state index in [-0.39, 0.29) is 24.4 Å². The molecule has 2 amide bonds. The smallest absolute Gasteiger partial charge is 0.245 e. The molecular weight excluding hydrogens is 256 g/mol. The minimum Gasteiger partial charge on any atom is -0.492 e. The fourth-order valence-corrected chi connectivity index (χ4v) is 2.24. The van der Waals surface area contributed by atoms with Gasteiger partial charge < -0.3 is 15.0 Å². The van der Waals surface area contributed by atoms with Gasteiger partial charge in [-0.2, -0.15) is 0 Å². The normalized spacial score (nSPS) is 18.9. The quantitative estimate of drug-likeness (QED) is 0.849. The van der Waals surface area contributed by atoms with E-state index in [1.54, 1.807) is 4.90 Å². The van der Waals surface area contributed by atoms with Gasteiger partial charge in [-0.15, -0.1) is 0 Å². The summed E-state index contributed by atoms with van der Waals surface area (Å²) in [7, 11) is 0. The van der Waals surface area contributed by atoms with E-state index in [0.29, 0.717) is 19.6 Å². The van der Waals surface area contributed by atoms with Gasteiger partial charge in [-0.1, -0.05) is 31.5 Å². The van der Waals surface area contributed by atoms with E-state index in [2.05, 4.69) is 5.32 Å². The van der Waals surface area contributed by atoms with Crippen LogP contribution in [0.15, 0.2) is 30.3 Å². The molecule has 5 nitrogen and oxygen atoms in total. The molecular formula is C15H20N2O3. The Kier molecular flexibility index (Phi) is 4.98. The first kappa shape index (κ1) is 14.4. The maximum absolute atomic E-state index is 12.2. The van der Waals surface area contributed by atoms with Gasteiger partial charge in [0.2, 0.25) is 11.8 Å². The standard InChI is InChI=1S/C15H20N2O3/c1-2-6-13-15(19)17(11-14(18)16-13)9-10-20-12-7-4-3-5-8-12/h3-5,7-8,13H,2,6,9-11H2,1H3,(H,16,18). The van der Waals surface area contributed by atoms with Crippen molar-refractivity contribution in [2.45, 2.75) is 25.8 Å². The Balaban J connectivity index is 1.84. The topological polar surface area (TPSA) is 58.6 Å². The number of rotatable bonds is 6. The number of hydrogen-bond acceptors (Lipinski definition) is 3. The second-order valence-electron chi connectivity index (χ2n) is 4.83. The van der Waals surface area contributed by atoms with Gasteiger partial charge >= 0.3 is 0 Å². The van der Waals surface area contributed by atoms with Gasteiger partial charge in [0.1, 0.15) is 18.4 Å². The number of piperazine rings is 1. The molecule has 1 saturated heterocycles. The second kappa shape index (κ2) is 6.93. The van der Waals surface area contributed by atoms with Crippen molar-refractivity contribution in [1.29, 1.82) is 0 Å². The number of nitrogens with one attached hydrogen (secondary N) is 1. The molecule has 0 aliphatic carbocycles. The molecule has 1 atom stereocenters. The zero-order valence-electron chi connectivity index (χ0n) is 11.7. The van der Waals surface area contributed by atoms with Crippen LogP contribution in [-0.4, -0.2) is 42.5 Å². The van der Waals surface area contributed by atoms with Gasteiger partial charge in [0.25, 0.3) is 0 Å². The average Bonchev–Trinajstić information content (AvgIpc) is 2.45. The number of carbonyl (C=O) groups excluding carboxylic acids is 2. The third kappa shape index (κ3) is 3.73. The molecule has 1 aromatic rings. The number of amides is 2. The van der Waals surface area contributed by atoms with Crippen molar-refractivity contribution in [3.05, 3.63) is 30.3 Å². The fraction of sp³-hybridized carbons (Fsp3) is 0.467. The molecule has 20 heavy (non-hydrogen) atoms. The molecule has 1 aromatic carbocycles. The number of hydrogen-bond donors (Lipinski definition) is 1. The molecule has 108 valence electrons. The predicted octanol–water partition coefficient (Wildman–Crippen LogP) is 1.19. The van der Waals surface area contributed by atoms with Gasteiger partial charge in [-0.25, -0.2) is 0 Å². The Hall–Kier alpha value is -2.04. The first-order valence-corrected chi connectivity index (χ1v) is 6.96. The van der Waals surface area contributed by atoms with Crippen molar-refractivity contribution < 1.29 is 14.3 Å². The molecule has 0 radical (unpaired) electrons. The highest BCUT2D eigenvalue weighted by molar-refractivity contribution is 5.94. The number of nitrogens with zero attached hydrogens (tertiary/aromatic N) is 1. The molecule has 0 spiro atoms. The van der Waals surface area contributed by atoms with Crippen LogP contribution in [0.25, 0.3) is 0 Å². The fourth-order valence-electron chi connectivity index (χ4n) is 2.24. The Labute approximate surface area is 118 Å². The van der Waals surface area contributed by atoms with Gasteiger partial charge in [0.15, 0.2) is 0 Å². The van der Waals surface area contributed by atoms with E-state index in [4.69, 9.17) is 4.74 Å². The lowest BCUT2D eigenvalue weighted by Gasteiger charge is -2.32. The molecule has 1 fully saturated rings. The Morgan fingerprint density at radius 2 is 2.05 bits per heavy atom. The van der Waals surface area contributed by atoms with E-state index in [0.717, 1.165) is 12.2 Å². The van der Waals surface area contributed by atoms with Crippen molar-refractivity contribution in [3.8, 4) is 5.75 Å². The summed E-state index contributed by atoms with van der Waals surface area (Å²) >= 11 is 0. The van der Waals surface area contributed by atoms with Crippen molar-refractivity contribution in [1.82, 2.24) is 10.2 Å². The summed E-state index contributed by atoms with van der Waals surface area (Å²) in [6.45, 7) is 2.94. The molecule has 0 aromatic heterocycles. The van der Waals surface area contributed by atoms with Crippen molar-refractivity contribution in [3.63, 3.8) is 0 Å². The van der Waals surface area contributed by atoms with Crippen molar-refractivity contribution in [2.75, 3.05) is 19.7 Å². The summed E-state index contributed by atoms with van der Waals surface area (Å²) in [5, 5.41) is 2.73. The first-order chi connectivity index (χ1) is 9.70. The molecule has 5 heteroatoms. The predicted molar refractivity (Wildman–Crippen MR) is 75.4 cm³/mol. The first-order valence-electron chi connectivity index (χ1n) is 6.96. The SMILES string of the molecule is CCCC1NC(=O)CN(CCOc2ccccc2)C1=O. The second-order valence-corrected chi connectivity index (χ2v) is 4.83. The number of ether oxygens (including phenoxy) is 1. The summed E-state index contributed by atoms with van der Waals surface area (Å²) < 4.78 is 5.56. The minimum atomic E-state index is -0.377. The summed E-state index contributed by atoms with van der Waals surface area (Å²) in [5.74, 6) is 0.664. The number of benzene rings is 1. The van der Waals surface area contributed by atoms with Crippen molar-refractivity contribution in [2.24, 2.45) is 0 Å². The molecule has 1 aliphatic rings. The molecule has 1 heterocycles. The van der Waals surface area contributed by atoms with Crippen LogP contribution in [0, 0.1) is 0 Å². The summed E-state index contributed by atoms with van der Waals surface area (Å²) in [6, 6.07) is 9.06. The maximum Gasteiger partial charge on any atom is 0.245 e. The van der Waals surface area contributed by atoms with Crippen LogP contribution in [0.2, 0.25) is 0 Å². The minimum absolute atomic E-state index is 0.0110. The van der Waals surface area contributed by atoms with E-state index in [1.807, 2.05) is 37.3 Å². The van der Waals surface area contributed by atoms with Crippen molar-refractivity contribution >= 4 is 11.8 Å². The van der Waals surface area contributed by atoms with Gasteiger partial charge in [-0.3, -0.25) is 9.59 Å². The molecule has 2 rings (SSSR count). The molecule has 1 aliphatic heterocycles. The van der Waals surface area contributed by atoms with Crippen LogP contribution in [-0.2, 0) is 9.59 Å². The lowest BCUT2D eigenvalue weighted by atomic mass is 10.1. The summed E-state index contributed by atoms with van der Waals surface area (Å²) in [5.41, 5.74) is 0. The third-order valence-electron chi connectivity index (χ3n) is 3.23. The van der Waals surface area contributed by atoms with Crippen LogP contribution < -0.4 is 10.1 Å². The van der Waals surface area contributed by atoms with E-state index < -0.39 is 0 Å². The monoisotopic (exact) mass is 276 g/mol. The van der Waals surface area contributed by atoms with E-state index in [1.165, 1.54) is 0 Å². The van der Waals surface area contributed by atoms with Crippen LogP contribution >= 0.6 is 0 Å². The third-order valence-corrected chi connectivity index (χ3v) is 3.23. The van der Waals surface area contributed by atoms with Gasteiger partial charge in [0, 0.05) is 0 Å². The highest BCUT2D eigenvalue weighted by Crippen LogP contribution is 2.10. The molecule has 1 unspecified atom stereocenters. The number of carbonyl (C=O) groups is 2. The zero-order valence-corrected chi connectivity index (χ0v) is 11.7. The average molecular weight is 276 g/mol. The largest absolute Gasteiger partial charge is 0.492 e. The lowest BCUT2D eigenvalue weighted by molar-refractivity contribution is -0.144. The molecule has 1 N–H and O–H groups in total. The Morgan fingerprint density at radius 3 is 2.75 bits per heavy atom. The van der Waals surface area contributed by atoms with Crippen LogP contribution in [0.4, 0.5) is 0 Å². The highest BCUT2D eigenvalue weighted by atomic mass is 16.5. The highest BCUT2D eigenvalue weighted by Gasteiger charge is 2.31. The maximum atomic E-state index is 12.2. The Bertz CT molecular complexity index is 461. The molecule has 0 saturated carbocycles. The van der Waals surface area contributed by atoms with Crippen LogP contribution in [0.1, 0.15) is 19.8 Å². The summed E-state index contributed by atoms with van der Waals surface area (Å²) in [4.78, 5) is 25.3. The van der Waals surface area contributed by atoms with Gasteiger partial charge in [0.05, 0.1) is 13.1 Å². The lowest BCUT2D eigenvalue weighted by Crippen LogP contribution is -2.58. The van der Waals surface area contributed by atoms with Crippen LogP contribution in [0.5, 0.6) is 5.75 Å². The van der Waals surface area contributed by atoms with E-state index in [9.17, 15) is 9.59 Å².